The monoisotopic (exact) mass is 652 g/mol. The van der Waals surface area contributed by atoms with Crippen LogP contribution < -0.4 is 0 Å². The molecule has 4 aliphatic rings. The van der Waals surface area contributed by atoms with Crippen molar-refractivity contribution in [3.63, 3.8) is 0 Å². The number of hydrogen-bond acceptors (Lipinski definition) is 12. The number of carbonyl (C=O) groups excluding carboxylic acids is 4. The Balaban J connectivity index is 1.82. The third-order valence-corrected chi connectivity index (χ3v) is 11.5. The van der Waals surface area contributed by atoms with E-state index in [1.165, 1.54) is 14.0 Å². The Morgan fingerprint density at radius 2 is 1.67 bits per heavy atom. The van der Waals surface area contributed by atoms with Gasteiger partial charge < -0.3 is 33.7 Å². The number of methoxy groups -OCH3 is 1. The summed E-state index contributed by atoms with van der Waals surface area (Å²) in [7, 11) is 7.06. The fraction of sp³-hybridized carbons (Fsp3) is 0.882. The van der Waals surface area contributed by atoms with Gasteiger partial charge in [0.15, 0.2) is 17.7 Å². The molecule has 0 saturated carbocycles. The minimum Gasteiger partial charge on any atom is -0.458 e. The maximum Gasteiger partial charge on any atom is 0.324 e. The number of likely N-dealkylation sites (N-methyl/N-ethyl adjacent to an activating group) is 2. The van der Waals surface area contributed by atoms with Crippen LogP contribution in [0.4, 0.5) is 0 Å². The number of hydrogen-bond donors (Lipinski definition) is 1. The molecular formula is C34H56N2O10. The second-order valence-corrected chi connectivity index (χ2v) is 15.2. The van der Waals surface area contributed by atoms with Gasteiger partial charge in [0.1, 0.15) is 30.0 Å². The summed E-state index contributed by atoms with van der Waals surface area (Å²) in [5, 5.41) is 11.3. The third kappa shape index (κ3) is 6.07. The number of esters is 2. The lowest BCUT2D eigenvalue weighted by Gasteiger charge is -2.47. The van der Waals surface area contributed by atoms with Crippen LogP contribution in [0, 0.1) is 29.1 Å². The number of nitrogens with zero attached hydrogens (tertiary/aromatic N) is 2. The minimum absolute atomic E-state index is 0.0840. The van der Waals surface area contributed by atoms with E-state index in [9.17, 15) is 24.3 Å². The van der Waals surface area contributed by atoms with Gasteiger partial charge in [-0.1, -0.05) is 27.7 Å². The molecule has 1 N–H and O–H groups in total. The van der Waals surface area contributed by atoms with Gasteiger partial charge in [0.05, 0.1) is 17.8 Å². The molecule has 46 heavy (non-hydrogen) atoms. The second-order valence-electron chi connectivity index (χ2n) is 15.2. The first-order valence-electron chi connectivity index (χ1n) is 16.7. The van der Waals surface area contributed by atoms with Gasteiger partial charge in [-0.25, -0.2) is 0 Å². The lowest BCUT2D eigenvalue weighted by atomic mass is 9.62. The Bertz CT molecular complexity index is 1200. The lowest BCUT2D eigenvalue weighted by molar-refractivity contribution is -0.295. The summed E-state index contributed by atoms with van der Waals surface area (Å²) in [5.74, 6) is -5.03. The van der Waals surface area contributed by atoms with Crippen LogP contribution in [0.15, 0.2) is 0 Å². The van der Waals surface area contributed by atoms with Crippen molar-refractivity contribution in [2.45, 2.75) is 129 Å². The molecule has 14 atom stereocenters. The number of likely N-dealkylation sites (tertiary alicyclic amines) is 1. The van der Waals surface area contributed by atoms with Gasteiger partial charge >= 0.3 is 11.9 Å². The van der Waals surface area contributed by atoms with Crippen LogP contribution in [-0.4, -0.2) is 127 Å². The first-order chi connectivity index (χ1) is 21.3. The minimum atomic E-state index is -1.29. The highest BCUT2D eigenvalue weighted by Crippen LogP contribution is 2.55. The number of ketones is 2. The van der Waals surface area contributed by atoms with Crippen LogP contribution in [0.3, 0.4) is 0 Å². The van der Waals surface area contributed by atoms with Crippen molar-refractivity contribution >= 4 is 23.5 Å². The van der Waals surface area contributed by atoms with E-state index in [2.05, 4.69) is 0 Å². The van der Waals surface area contributed by atoms with Crippen LogP contribution in [-0.2, 0) is 42.9 Å². The molecule has 0 aromatic rings. The Labute approximate surface area is 273 Å². The highest BCUT2D eigenvalue weighted by molar-refractivity contribution is 6.00. The van der Waals surface area contributed by atoms with E-state index in [0.717, 1.165) is 0 Å². The highest BCUT2D eigenvalue weighted by Gasteiger charge is 2.70. The molecule has 4 fully saturated rings. The van der Waals surface area contributed by atoms with Crippen molar-refractivity contribution in [3.8, 4) is 0 Å². The van der Waals surface area contributed by atoms with Crippen molar-refractivity contribution in [3.05, 3.63) is 0 Å². The fourth-order valence-electron chi connectivity index (χ4n) is 9.09. The van der Waals surface area contributed by atoms with E-state index in [4.69, 9.17) is 23.7 Å². The molecule has 0 aliphatic carbocycles. The predicted octanol–water partition coefficient (Wildman–Crippen LogP) is 2.23. The van der Waals surface area contributed by atoms with Crippen molar-refractivity contribution in [1.82, 2.24) is 9.80 Å². The molecule has 3 unspecified atom stereocenters. The number of cyclic esters (lactones) is 1. The van der Waals surface area contributed by atoms with Crippen molar-refractivity contribution in [2.75, 3.05) is 34.8 Å². The van der Waals surface area contributed by atoms with Crippen LogP contribution in [0.1, 0.15) is 74.7 Å². The zero-order valence-electron chi connectivity index (χ0n) is 29.7. The van der Waals surface area contributed by atoms with Crippen LogP contribution in [0.2, 0.25) is 0 Å². The molecule has 4 saturated heterocycles. The molecule has 4 aliphatic heterocycles. The third-order valence-electron chi connectivity index (χ3n) is 11.5. The number of aliphatic hydroxyl groups is 1. The molecule has 12 nitrogen and oxygen atoms in total. The molecule has 0 aromatic heterocycles. The first kappa shape index (κ1) is 36.9. The van der Waals surface area contributed by atoms with E-state index in [-0.39, 0.29) is 24.3 Å². The summed E-state index contributed by atoms with van der Waals surface area (Å²) in [5.41, 5.74) is -3.55. The predicted molar refractivity (Wildman–Crippen MR) is 168 cm³/mol. The standard InChI is InChI=1S/C34H56N2O10/c1-13-22-34(8)26-23(30(41)46-34)36(11)16-32(26,6)27(39)17(2)15-33(7,42-12)28(19(4)24(37)20(5)29(40)44-22)45-31-25(38)21(35(9)10)14-18(3)43-31/h17-23,25-26,28,31,38H,13-16H2,1-12H3/t17-,18-,19+,20-,21+,22-,23?,25-,26?,28-,31+,32?,33+,34-/m1/s1. The number of carbonyl (C=O) groups is 4. The fourth-order valence-corrected chi connectivity index (χ4v) is 9.09. The Morgan fingerprint density at radius 1 is 1.04 bits per heavy atom. The van der Waals surface area contributed by atoms with E-state index >= 15 is 0 Å². The van der Waals surface area contributed by atoms with Gasteiger partial charge in [0.25, 0.3) is 0 Å². The van der Waals surface area contributed by atoms with Crippen molar-refractivity contribution in [2.24, 2.45) is 29.1 Å². The van der Waals surface area contributed by atoms with Gasteiger partial charge in [0.2, 0.25) is 0 Å². The number of rotatable bonds is 5. The normalized spacial score (nSPS) is 47.8. The molecule has 0 radical (unpaired) electrons. The summed E-state index contributed by atoms with van der Waals surface area (Å²) in [6.45, 7) is 14.4. The van der Waals surface area contributed by atoms with Crippen molar-refractivity contribution < 1.29 is 48.0 Å². The molecule has 0 spiro atoms. The number of aliphatic hydroxyl groups excluding tert-OH is 1. The smallest absolute Gasteiger partial charge is 0.324 e. The number of Topliss-reactive ketones (excluding diaryl/α,β-unsaturated/α-hetero) is 2. The van der Waals surface area contributed by atoms with Gasteiger partial charge in [-0.3, -0.25) is 24.1 Å². The van der Waals surface area contributed by atoms with Crippen LogP contribution >= 0.6 is 0 Å². The summed E-state index contributed by atoms with van der Waals surface area (Å²) < 4.78 is 30.9. The van der Waals surface area contributed by atoms with Gasteiger partial charge in [-0.2, -0.15) is 0 Å². The topological polar surface area (TPSA) is 141 Å². The molecule has 4 heterocycles. The molecule has 0 aromatic carbocycles. The largest absolute Gasteiger partial charge is 0.458 e. The van der Waals surface area contributed by atoms with Gasteiger partial charge in [-0.15, -0.1) is 0 Å². The summed E-state index contributed by atoms with van der Waals surface area (Å²) in [6, 6.07) is -0.947. The van der Waals surface area contributed by atoms with E-state index in [0.29, 0.717) is 19.4 Å². The summed E-state index contributed by atoms with van der Waals surface area (Å²) >= 11 is 0. The Kier molecular flexibility index (Phi) is 10.5. The van der Waals surface area contributed by atoms with Gasteiger partial charge in [-0.05, 0) is 68.1 Å². The van der Waals surface area contributed by atoms with Crippen LogP contribution in [0.25, 0.3) is 0 Å². The molecule has 262 valence electrons. The second kappa shape index (κ2) is 13.2. The average molecular weight is 653 g/mol. The molecule has 0 amide bonds. The zero-order chi connectivity index (χ0) is 34.7. The molecule has 12 heteroatoms. The van der Waals surface area contributed by atoms with Gasteiger partial charge in [0, 0.05) is 42.9 Å². The van der Waals surface area contributed by atoms with E-state index in [1.807, 2.05) is 51.6 Å². The Morgan fingerprint density at radius 3 is 2.24 bits per heavy atom. The molecule has 0 bridgehead atoms. The Hall–Kier alpha value is -1.96. The SMILES string of the molecule is CC[C@H]1OC(=O)[C@H](C)C(=O)[C@H](C)[C@@H](O[C@@H]2O[C@H](C)C[C@H](N(C)C)[C@H]2O)[C@@](C)(OC)C[C@@H](C)C(=O)C2(C)CN(C)C3C(=O)O[C@@]1(C)C32. The molecular weight excluding hydrogens is 596 g/mol. The van der Waals surface area contributed by atoms with Crippen molar-refractivity contribution in [1.29, 1.82) is 0 Å². The average Bonchev–Trinajstić information content (AvgIpc) is 3.44. The lowest BCUT2D eigenvalue weighted by Crippen LogP contribution is -2.60. The number of ether oxygens (including phenoxy) is 5. The quantitative estimate of drug-likeness (QED) is 0.344. The van der Waals surface area contributed by atoms with E-state index < -0.39 is 88.7 Å². The maximum atomic E-state index is 14.7. The van der Waals surface area contributed by atoms with Crippen LogP contribution in [0.5, 0.6) is 0 Å². The maximum absolute atomic E-state index is 14.7. The highest BCUT2D eigenvalue weighted by atomic mass is 16.7. The summed E-state index contributed by atoms with van der Waals surface area (Å²) in [6.07, 6.45) is -3.19. The summed E-state index contributed by atoms with van der Waals surface area (Å²) in [4.78, 5) is 59.6. The zero-order valence-corrected chi connectivity index (χ0v) is 29.7. The molecule has 4 rings (SSSR count). The van der Waals surface area contributed by atoms with E-state index in [1.54, 1.807) is 27.8 Å². The first-order valence-corrected chi connectivity index (χ1v) is 16.7.